The molecule has 0 aliphatic carbocycles. The lowest BCUT2D eigenvalue weighted by atomic mass is 10.0. The second-order valence-electron chi connectivity index (χ2n) is 4.37. The summed E-state index contributed by atoms with van der Waals surface area (Å²) in [5.41, 5.74) is 1.99. The van der Waals surface area contributed by atoms with Crippen molar-refractivity contribution in [2.45, 2.75) is 19.3 Å². The minimum absolute atomic E-state index is 0.668. The molecular weight excluding hydrogens is 256 g/mol. The molecule has 0 aliphatic rings. The van der Waals surface area contributed by atoms with Crippen molar-refractivity contribution in [1.29, 1.82) is 0 Å². The van der Waals surface area contributed by atoms with Gasteiger partial charge in [-0.1, -0.05) is 54.1 Å². The number of rotatable bonds is 3. The normalized spacial score (nSPS) is 11.9. The topological polar surface area (TPSA) is 0 Å². The average Bonchev–Trinajstić information content (AvgIpc) is 2.39. The number of benzene rings is 2. The maximum Gasteiger partial charge on any atom is 0.332 e. The first-order chi connectivity index (χ1) is 8.91. The van der Waals surface area contributed by atoms with Gasteiger partial charge in [-0.3, -0.25) is 0 Å². The van der Waals surface area contributed by atoms with Crippen molar-refractivity contribution < 1.29 is 17.6 Å². The van der Waals surface area contributed by atoms with E-state index in [1.807, 2.05) is 31.2 Å². The molecule has 0 amide bonds. The van der Waals surface area contributed by atoms with Gasteiger partial charge in [0.05, 0.1) is 0 Å². The van der Waals surface area contributed by atoms with Crippen LogP contribution in [0.4, 0.5) is 17.6 Å². The zero-order chi connectivity index (χ0) is 14.0. The highest BCUT2D eigenvalue weighted by molar-refractivity contribution is 5.64. The van der Waals surface area contributed by atoms with Gasteiger partial charge in [-0.25, -0.2) is 8.78 Å². The standard InChI is InChI=1S/C15H12F4/c1-10-2-4-11(5-3-10)12-6-8-13(9-7-12)15(18,19)14(16)17/h2-9,14H,1H3. The van der Waals surface area contributed by atoms with Gasteiger partial charge in [-0.2, -0.15) is 8.78 Å². The highest BCUT2D eigenvalue weighted by Gasteiger charge is 2.42. The Kier molecular flexibility index (Phi) is 3.60. The smallest absolute Gasteiger partial charge is 0.203 e. The van der Waals surface area contributed by atoms with E-state index >= 15 is 0 Å². The van der Waals surface area contributed by atoms with Crippen LogP contribution in [0.2, 0.25) is 0 Å². The van der Waals surface area contributed by atoms with Crippen LogP contribution in [0, 0.1) is 6.92 Å². The lowest BCUT2D eigenvalue weighted by Gasteiger charge is -2.15. The van der Waals surface area contributed by atoms with Gasteiger partial charge in [0, 0.05) is 5.56 Å². The molecular formula is C15H12F4. The summed E-state index contributed by atoms with van der Waals surface area (Å²) in [6.45, 7) is 1.94. The molecule has 4 heteroatoms. The average molecular weight is 268 g/mol. The summed E-state index contributed by atoms with van der Waals surface area (Å²) in [5.74, 6) is -4.11. The maximum atomic E-state index is 13.1. The first-order valence-corrected chi connectivity index (χ1v) is 5.75. The van der Waals surface area contributed by atoms with Crippen molar-refractivity contribution in [1.82, 2.24) is 0 Å². The van der Waals surface area contributed by atoms with Crippen LogP contribution in [0.25, 0.3) is 11.1 Å². The molecule has 2 rings (SSSR count). The maximum absolute atomic E-state index is 13.1. The predicted molar refractivity (Wildman–Crippen MR) is 66.5 cm³/mol. The van der Waals surface area contributed by atoms with Crippen molar-refractivity contribution in [3.05, 3.63) is 59.7 Å². The fourth-order valence-electron chi connectivity index (χ4n) is 1.76. The first-order valence-electron chi connectivity index (χ1n) is 5.75. The minimum Gasteiger partial charge on any atom is -0.203 e. The quantitative estimate of drug-likeness (QED) is 0.686. The molecule has 100 valence electrons. The number of aryl methyl sites for hydroxylation is 1. The minimum atomic E-state index is -4.11. The van der Waals surface area contributed by atoms with Gasteiger partial charge in [-0.15, -0.1) is 0 Å². The molecule has 19 heavy (non-hydrogen) atoms. The molecule has 0 saturated carbocycles. The second-order valence-corrected chi connectivity index (χ2v) is 4.37. The molecule has 0 spiro atoms. The Labute approximate surface area is 108 Å². The Morgan fingerprint density at radius 2 is 1.21 bits per heavy atom. The number of halogens is 4. The summed E-state index contributed by atoms with van der Waals surface area (Å²) in [4.78, 5) is 0. The van der Waals surface area contributed by atoms with Crippen LogP contribution in [-0.2, 0) is 5.92 Å². The Morgan fingerprint density at radius 1 is 0.789 bits per heavy atom. The highest BCUT2D eigenvalue weighted by Crippen LogP contribution is 2.35. The molecule has 0 aromatic heterocycles. The van der Waals surface area contributed by atoms with E-state index in [1.54, 1.807) is 0 Å². The van der Waals surface area contributed by atoms with E-state index in [0.717, 1.165) is 23.3 Å². The third-order valence-corrected chi connectivity index (χ3v) is 2.93. The largest absolute Gasteiger partial charge is 0.332 e. The van der Waals surface area contributed by atoms with E-state index in [4.69, 9.17) is 0 Å². The van der Waals surface area contributed by atoms with Crippen LogP contribution in [0.1, 0.15) is 11.1 Å². The van der Waals surface area contributed by atoms with E-state index in [0.29, 0.717) is 5.56 Å². The molecule has 0 aliphatic heterocycles. The molecule has 0 bridgehead atoms. The Balaban J connectivity index is 2.31. The van der Waals surface area contributed by atoms with Crippen molar-refractivity contribution in [3.8, 4) is 11.1 Å². The number of hydrogen-bond acceptors (Lipinski definition) is 0. The summed E-state index contributed by atoms with van der Waals surface area (Å²) in [5, 5.41) is 0. The molecule has 0 N–H and O–H groups in total. The Morgan fingerprint density at radius 3 is 1.63 bits per heavy atom. The SMILES string of the molecule is Cc1ccc(-c2ccc(C(F)(F)C(F)F)cc2)cc1. The van der Waals surface area contributed by atoms with E-state index in [9.17, 15) is 17.6 Å². The molecule has 0 radical (unpaired) electrons. The molecule has 0 fully saturated rings. The molecule has 0 atom stereocenters. The molecule has 2 aromatic carbocycles. The van der Waals surface area contributed by atoms with Crippen LogP contribution < -0.4 is 0 Å². The van der Waals surface area contributed by atoms with Gasteiger partial charge in [0.25, 0.3) is 0 Å². The van der Waals surface area contributed by atoms with Gasteiger partial charge in [-0.05, 0) is 18.1 Å². The summed E-state index contributed by atoms with van der Waals surface area (Å²) >= 11 is 0. The third-order valence-electron chi connectivity index (χ3n) is 2.93. The lowest BCUT2D eigenvalue weighted by Crippen LogP contribution is -2.23. The fourth-order valence-corrected chi connectivity index (χ4v) is 1.76. The summed E-state index contributed by atoms with van der Waals surface area (Å²) in [7, 11) is 0. The van der Waals surface area contributed by atoms with Gasteiger partial charge >= 0.3 is 12.3 Å². The van der Waals surface area contributed by atoms with Gasteiger partial charge in [0.1, 0.15) is 0 Å². The van der Waals surface area contributed by atoms with Gasteiger partial charge in [0.15, 0.2) is 0 Å². The van der Waals surface area contributed by atoms with E-state index in [1.165, 1.54) is 12.1 Å². The fraction of sp³-hybridized carbons (Fsp3) is 0.200. The van der Waals surface area contributed by atoms with Crippen LogP contribution >= 0.6 is 0 Å². The number of hydrogen-bond donors (Lipinski definition) is 0. The van der Waals surface area contributed by atoms with E-state index in [2.05, 4.69) is 0 Å². The highest BCUT2D eigenvalue weighted by atomic mass is 19.3. The number of alkyl halides is 4. The molecule has 0 saturated heterocycles. The van der Waals surface area contributed by atoms with Crippen molar-refractivity contribution in [2.24, 2.45) is 0 Å². The van der Waals surface area contributed by atoms with Crippen LogP contribution in [0.5, 0.6) is 0 Å². The summed E-state index contributed by atoms with van der Waals surface area (Å²) in [6, 6.07) is 12.5. The third kappa shape index (κ3) is 2.78. The summed E-state index contributed by atoms with van der Waals surface area (Å²) < 4.78 is 50.7. The lowest BCUT2D eigenvalue weighted by molar-refractivity contribution is -0.135. The zero-order valence-electron chi connectivity index (χ0n) is 10.2. The monoisotopic (exact) mass is 268 g/mol. The molecule has 0 heterocycles. The predicted octanol–water partition coefficient (Wildman–Crippen LogP) is 5.02. The Hall–Kier alpha value is -1.84. The molecule has 0 nitrogen and oxygen atoms in total. The van der Waals surface area contributed by atoms with Crippen LogP contribution in [-0.4, -0.2) is 6.43 Å². The summed E-state index contributed by atoms with van der Waals surface area (Å²) in [6.07, 6.45) is -3.70. The van der Waals surface area contributed by atoms with Gasteiger partial charge in [0.2, 0.25) is 0 Å². The molecule has 2 aromatic rings. The zero-order valence-corrected chi connectivity index (χ0v) is 10.2. The van der Waals surface area contributed by atoms with Crippen molar-refractivity contribution >= 4 is 0 Å². The van der Waals surface area contributed by atoms with Crippen LogP contribution in [0.3, 0.4) is 0 Å². The second kappa shape index (κ2) is 5.03. The Bertz CT molecular complexity index is 541. The molecule has 0 unspecified atom stereocenters. The van der Waals surface area contributed by atoms with E-state index < -0.39 is 17.9 Å². The van der Waals surface area contributed by atoms with Crippen molar-refractivity contribution in [3.63, 3.8) is 0 Å². The van der Waals surface area contributed by atoms with E-state index in [-0.39, 0.29) is 0 Å². The van der Waals surface area contributed by atoms with Gasteiger partial charge < -0.3 is 0 Å². The first kappa shape index (κ1) is 13.6. The van der Waals surface area contributed by atoms with Crippen LogP contribution in [0.15, 0.2) is 48.5 Å². The van der Waals surface area contributed by atoms with Crippen molar-refractivity contribution in [2.75, 3.05) is 0 Å².